The number of para-hydroxylation sites is 1. The summed E-state index contributed by atoms with van der Waals surface area (Å²) in [5.74, 6) is 0. The highest BCUT2D eigenvalue weighted by Crippen LogP contribution is 2.19. The molecule has 0 amide bonds. The summed E-state index contributed by atoms with van der Waals surface area (Å²) in [6.45, 7) is 1.78. The summed E-state index contributed by atoms with van der Waals surface area (Å²) in [4.78, 5) is 16.6. The van der Waals surface area contributed by atoms with Gasteiger partial charge in [-0.3, -0.25) is 9.36 Å². The quantitative estimate of drug-likeness (QED) is 0.835. The molecule has 1 aromatic carbocycles. The molecule has 2 aromatic rings. The van der Waals surface area contributed by atoms with Crippen molar-refractivity contribution in [3.05, 3.63) is 39.9 Å². The fraction of sp³-hybridized carbons (Fsp3) is 0.333. The Morgan fingerprint density at radius 1 is 1.47 bits per heavy atom. The molecule has 5 heteroatoms. The minimum absolute atomic E-state index is 0.00815. The maximum absolute atomic E-state index is 12.3. The third-order valence-electron chi connectivity index (χ3n) is 3.19. The fourth-order valence-corrected chi connectivity index (χ4v) is 2.49. The van der Waals surface area contributed by atoms with Crippen molar-refractivity contribution < 1.29 is 0 Å². The number of halogens is 1. The van der Waals surface area contributed by atoms with Gasteiger partial charge in [0.25, 0.3) is 5.56 Å². The van der Waals surface area contributed by atoms with E-state index in [0.29, 0.717) is 15.9 Å². The zero-order valence-electron chi connectivity index (χ0n) is 9.19. The molecule has 1 fully saturated rings. The molecule has 0 saturated carbocycles. The Kier molecular flexibility index (Phi) is 2.61. The van der Waals surface area contributed by atoms with Gasteiger partial charge >= 0.3 is 0 Å². The van der Waals surface area contributed by atoms with E-state index in [1.165, 1.54) is 0 Å². The lowest BCUT2D eigenvalue weighted by molar-refractivity contribution is 0.525. The Morgan fingerprint density at radius 2 is 2.35 bits per heavy atom. The highest BCUT2D eigenvalue weighted by molar-refractivity contribution is 6.34. The average molecular weight is 250 g/mol. The zero-order chi connectivity index (χ0) is 11.8. The third-order valence-corrected chi connectivity index (χ3v) is 3.50. The lowest BCUT2D eigenvalue weighted by Gasteiger charge is -2.12. The molecule has 1 N–H and O–H groups in total. The number of nitrogens with zero attached hydrogens (tertiary/aromatic N) is 2. The maximum Gasteiger partial charge on any atom is 0.261 e. The number of nitrogens with one attached hydrogen (secondary N) is 1. The van der Waals surface area contributed by atoms with Gasteiger partial charge in [-0.1, -0.05) is 17.7 Å². The van der Waals surface area contributed by atoms with Crippen LogP contribution in [-0.2, 0) is 0 Å². The van der Waals surface area contributed by atoms with E-state index >= 15 is 0 Å². The summed E-state index contributed by atoms with van der Waals surface area (Å²) in [5.41, 5.74) is 0.576. The van der Waals surface area contributed by atoms with Crippen LogP contribution in [0.15, 0.2) is 29.3 Å². The van der Waals surface area contributed by atoms with Gasteiger partial charge < -0.3 is 5.32 Å². The Hall–Kier alpha value is -1.39. The van der Waals surface area contributed by atoms with Gasteiger partial charge in [-0.05, 0) is 25.1 Å². The van der Waals surface area contributed by atoms with Crippen LogP contribution >= 0.6 is 11.6 Å². The molecule has 1 aromatic heterocycles. The number of fused-ring (bicyclic) bond motifs is 1. The molecule has 1 saturated heterocycles. The lowest BCUT2D eigenvalue weighted by atomic mass is 10.2. The second-order valence-corrected chi connectivity index (χ2v) is 4.65. The molecule has 0 aliphatic carbocycles. The van der Waals surface area contributed by atoms with E-state index in [1.807, 2.05) is 0 Å². The maximum atomic E-state index is 12.3. The number of rotatable bonds is 1. The molecule has 0 unspecified atom stereocenters. The van der Waals surface area contributed by atoms with E-state index < -0.39 is 0 Å². The van der Waals surface area contributed by atoms with Crippen LogP contribution in [0.25, 0.3) is 10.9 Å². The first kappa shape index (κ1) is 10.7. The third kappa shape index (κ3) is 1.73. The molecule has 3 rings (SSSR count). The molecular formula is C12H12ClN3O. The minimum Gasteiger partial charge on any atom is -0.315 e. The smallest absolute Gasteiger partial charge is 0.261 e. The normalized spacial score (nSPS) is 19.9. The highest BCUT2D eigenvalue weighted by Gasteiger charge is 2.18. The molecule has 0 bridgehead atoms. The Bertz CT molecular complexity index is 617. The van der Waals surface area contributed by atoms with Crippen molar-refractivity contribution >= 4 is 22.5 Å². The predicted octanol–water partition coefficient (Wildman–Crippen LogP) is 1.58. The molecular weight excluding hydrogens is 238 g/mol. The van der Waals surface area contributed by atoms with Crippen molar-refractivity contribution in [1.29, 1.82) is 0 Å². The number of hydrogen-bond donors (Lipinski definition) is 1. The first-order chi connectivity index (χ1) is 8.27. The Morgan fingerprint density at radius 3 is 3.12 bits per heavy atom. The van der Waals surface area contributed by atoms with Gasteiger partial charge in [0.05, 0.1) is 28.3 Å². The first-order valence-electron chi connectivity index (χ1n) is 5.63. The van der Waals surface area contributed by atoms with E-state index in [0.717, 1.165) is 19.5 Å². The molecule has 1 aliphatic heterocycles. The summed E-state index contributed by atoms with van der Waals surface area (Å²) in [5, 5.41) is 4.36. The van der Waals surface area contributed by atoms with E-state index in [9.17, 15) is 4.79 Å². The van der Waals surface area contributed by atoms with Crippen LogP contribution in [0.5, 0.6) is 0 Å². The molecule has 1 atom stereocenters. The van der Waals surface area contributed by atoms with Crippen LogP contribution in [-0.4, -0.2) is 22.6 Å². The van der Waals surface area contributed by atoms with Gasteiger partial charge in [-0.15, -0.1) is 0 Å². The molecule has 88 valence electrons. The van der Waals surface area contributed by atoms with Crippen LogP contribution in [0.1, 0.15) is 12.5 Å². The second-order valence-electron chi connectivity index (χ2n) is 4.24. The van der Waals surface area contributed by atoms with Gasteiger partial charge in [-0.2, -0.15) is 0 Å². The van der Waals surface area contributed by atoms with Crippen LogP contribution in [0.4, 0.5) is 0 Å². The summed E-state index contributed by atoms with van der Waals surface area (Å²) in [6, 6.07) is 5.51. The highest BCUT2D eigenvalue weighted by atomic mass is 35.5. The predicted molar refractivity (Wildman–Crippen MR) is 67.5 cm³/mol. The van der Waals surface area contributed by atoms with Gasteiger partial charge in [0.1, 0.15) is 0 Å². The Balaban J connectivity index is 2.22. The van der Waals surface area contributed by atoms with E-state index in [2.05, 4.69) is 10.3 Å². The lowest BCUT2D eigenvalue weighted by Crippen LogP contribution is -2.26. The van der Waals surface area contributed by atoms with Gasteiger partial charge in [0.2, 0.25) is 0 Å². The van der Waals surface area contributed by atoms with Crippen molar-refractivity contribution in [3.63, 3.8) is 0 Å². The van der Waals surface area contributed by atoms with Crippen LogP contribution < -0.4 is 10.9 Å². The monoisotopic (exact) mass is 249 g/mol. The van der Waals surface area contributed by atoms with E-state index in [4.69, 9.17) is 11.6 Å². The molecule has 2 heterocycles. The van der Waals surface area contributed by atoms with Crippen LogP contribution in [0.2, 0.25) is 5.02 Å². The van der Waals surface area contributed by atoms with Crippen molar-refractivity contribution in [2.24, 2.45) is 0 Å². The number of aromatic nitrogens is 2. The number of hydrogen-bond acceptors (Lipinski definition) is 3. The molecule has 1 aliphatic rings. The minimum atomic E-state index is -0.00815. The van der Waals surface area contributed by atoms with Gasteiger partial charge in [-0.25, -0.2) is 4.98 Å². The first-order valence-corrected chi connectivity index (χ1v) is 6.01. The van der Waals surface area contributed by atoms with E-state index in [-0.39, 0.29) is 11.6 Å². The van der Waals surface area contributed by atoms with Gasteiger partial charge in [0.15, 0.2) is 0 Å². The largest absolute Gasteiger partial charge is 0.315 e. The number of benzene rings is 1. The van der Waals surface area contributed by atoms with E-state index in [1.54, 1.807) is 29.1 Å². The van der Waals surface area contributed by atoms with Gasteiger partial charge in [0, 0.05) is 6.54 Å². The van der Waals surface area contributed by atoms with Crippen LogP contribution in [0, 0.1) is 0 Å². The van der Waals surface area contributed by atoms with Crippen molar-refractivity contribution in [2.75, 3.05) is 13.1 Å². The van der Waals surface area contributed by atoms with Crippen molar-refractivity contribution in [1.82, 2.24) is 14.9 Å². The SMILES string of the molecule is O=c1c2cccc(Cl)c2ncn1[C@@H]1CCNC1. The van der Waals surface area contributed by atoms with Crippen molar-refractivity contribution in [3.8, 4) is 0 Å². The van der Waals surface area contributed by atoms with Crippen molar-refractivity contribution in [2.45, 2.75) is 12.5 Å². The summed E-state index contributed by atoms with van der Waals surface area (Å²) < 4.78 is 1.71. The molecule has 4 nitrogen and oxygen atoms in total. The molecule has 17 heavy (non-hydrogen) atoms. The molecule has 0 spiro atoms. The fourth-order valence-electron chi connectivity index (χ4n) is 2.27. The topological polar surface area (TPSA) is 46.9 Å². The summed E-state index contributed by atoms with van der Waals surface area (Å²) in [7, 11) is 0. The average Bonchev–Trinajstić information content (AvgIpc) is 2.84. The standard InChI is InChI=1S/C12H12ClN3O/c13-10-3-1-2-9-11(10)15-7-16(12(9)17)8-4-5-14-6-8/h1-3,7-8,14H,4-6H2/t8-/m1/s1. The molecule has 0 radical (unpaired) electrons. The zero-order valence-corrected chi connectivity index (χ0v) is 9.94. The van der Waals surface area contributed by atoms with Crippen LogP contribution in [0.3, 0.4) is 0 Å². The summed E-state index contributed by atoms with van der Waals surface area (Å²) >= 11 is 6.02. The second kappa shape index (κ2) is 4.13. The Labute approximate surface area is 103 Å². The summed E-state index contributed by atoms with van der Waals surface area (Å²) in [6.07, 6.45) is 2.57.